The molecule has 0 atom stereocenters. The summed E-state index contributed by atoms with van der Waals surface area (Å²) >= 11 is 0. The van der Waals surface area contributed by atoms with Crippen molar-refractivity contribution in [1.82, 2.24) is 14.5 Å². The zero-order chi connectivity index (χ0) is 21.5. The molecule has 0 aliphatic heterocycles. The fraction of sp³-hybridized carbons (Fsp3) is 0.320. The number of hydrogen-bond acceptors (Lipinski definition) is 5. The van der Waals surface area contributed by atoms with Crippen molar-refractivity contribution in [3.8, 4) is 17.0 Å². The Kier molecular flexibility index (Phi) is 6.89. The first-order valence-electron chi connectivity index (χ1n) is 10.7. The molecule has 4 aromatic rings. The van der Waals surface area contributed by atoms with Gasteiger partial charge in [-0.05, 0) is 43.0 Å². The van der Waals surface area contributed by atoms with Crippen LogP contribution in [0, 0.1) is 0 Å². The lowest BCUT2D eigenvalue weighted by molar-refractivity contribution is -0.108. The van der Waals surface area contributed by atoms with Gasteiger partial charge in [-0.15, -0.1) is 0 Å². The van der Waals surface area contributed by atoms with Gasteiger partial charge < -0.3 is 18.8 Å². The number of hydrogen-bond donors (Lipinski definition) is 0. The summed E-state index contributed by atoms with van der Waals surface area (Å²) in [4.78, 5) is 19.0. The molecule has 0 saturated heterocycles. The SMILES string of the molecule is Cn1c2ccncc2c2ccc(-c3ccc(OCCCCOCCCC=O)nc3)cc21. The van der Waals surface area contributed by atoms with Gasteiger partial charge in [-0.25, -0.2) is 4.98 Å². The van der Waals surface area contributed by atoms with Gasteiger partial charge >= 0.3 is 0 Å². The maximum Gasteiger partial charge on any atom is 0.213 e. The molecular formula is C25H27N3O3. The van der Waals surface area contributed by atoms with E-state index in [2.05, 4.69) is 39.8 Å². The van der Waals surface area contributed by atoms with Gasteiger partial charge in [0.2, 0.25) is 5.88 Å². The van der Waals surface area contributed by atoms with Gasteiger partial charge in [0.25, 0.3) is 0 Å². The van der Waals surface area contributed by atoms with Crippen LogP contribution in [0.25, 0.3) is 32.9 Å². The lowest BCUT2D eigenvalue weighted by atomic mass is 10.1. The molecule has 4 rings (SSSR count). The Morgan fingerprint density at radius 1 is 0.903 bits per heavy atom. The fourth-order valence-electron chi connectivity index (χ4n) is 3.72. The van der Waals surface area contributed by atoms with E-state index in [1.54, 1.807) is 0 Å². The summed E-state index contributed by atoms with van der Waals surface area (Å²) in [7, 11) is 2.08. The summed E-state index contributed by atoms with van der Waals surface area (Å²) in [6.45, 7) is 1.95. The average molecular weight is 418 g/mol. The Balaban J connectivity index is 1.33. The molecule has 6 heteroatoms. The van der Waals surface area contributed by atoms with Gasteiger partial charge in [-0.2, -0.15) is 0 Å². The van der Waals surface area contributed by atoms with Crippen molar-refractivity contribution in [3.05, 3.63) is 55.0 Å². The maximum absolute atomic E-state index is 10.2. The molecule has 0 aliphatic rings. The van der Waals surface area contributed by atoms with E-state index in [4.69, 9.17) is 9.47 Å². The first-order chi connectivity index (χ1) is 15.3. The quantitative estimate of drug-likeness (QED) is 0.255. The number of carbonyl (C=O) groups is 1. The summed E-state index contributed by atoms with van der Waals surface area (Å²) in [5.41, 5.74) is 4.53. The number of ether oxygens (including phenoxy) is 2. The van der Waals surface area contributed by atoms with E-state index in [9.17, 15) is 4.79 Å². The minimum atomic E-state index is 0.568. The third kappa shape index (κ3) is 4.91. The lowest BCUT2D eigenvalue weighted by Crippen LogP contribution is -2.02. The maximum atomic E-state index is 10.2. The Hall–Kier alpha value is -3.25. The number of nitrogens with zero attached hydrogens (tertiary/aromatic N) is 3. The van der Waals surface area contributed by atoms with Crippen molar-refractivity contribution in [2.24, 2.45) is 7.05 Å². The van der Waals surface area contributed by atoms with Gasteiger partial charge in [-0.1, -0.05) is 12.1 Å². The largest absolute Gasteiger partial charge is 0.478 e. The van der Waals surface area contributed by atoms with E-state index in [-0.39, 0.29) is 0 Å². The Morgan fingerprint density at radius 2 is 1.74 bits per heavy atom. The van der Waals surface area contributed by atoms with Crippen molar-refractivity contribution in [2.45, 2.75) is 25.7 Å². The summed E-state index contributed by atoms with van der Waals surface area (Å²) in [6, 6.07) is 12.5. The molecule has 160 valence electrons. The van der Waals surface area contributed by atoms with E-state index in [0.29, 0.717) is 32.1 Å². The highest BCUT2D eigenvalue weighted by molar-refractivity contribution is 6.08. The predicted molar refractivity (Wildman–Crippen MR) is 122 cm³/mol. The number of fused-ring (bicyclic) bond motifs is 3. The second-order valence-corrected chi connectivity index (χ2v) is 7.55. The molecule has 0 radical (unpaired) electrons. The molecule has 0 saturated carbocycles. The number of carbonyl (C=O) groups excluding carboxylic acids is 1. The molecule has 1 aromatic carbocycles. The first-order valence-corrected chi connectivity index (χ1v) is 10.7. The highest BCUT2D eigenvalue weighted by Gasteiger charge is 2.09. The third-order valence-electron chi connectivity index (χ3n) is 5.42. The molecule has 0 spiro atoms. The Morgan fingerprint density at radius 3 is 2.58 bits per heavy atom. The predicted octanol–water partition coefficient (Wildman–Crippen LogP) is 4.94. The van der Waals surface area contributed by atoms with Crippen molar-refractivity contribution in [3.63, 3.8) is 0 Å². The Bertz CT molecular complexity index is 1150. The van der Waals surface area contributed by atoms with Crippen LogP contribution in [-0.2, 0) is 16.6 Å². The number of aromatic nitrogens is 3. The van der Waals surface area contributed by atoms with Gasteiger partial charge in [0, 0.05) is 73.2 Å². The summed E-state index contributed by atoms with van der Waals surface area (Å²) in [5, 5.41) is 2.37. The zero-order valence-electron chi connectivity index (χ0n) is 17.8. The smallest absolute Gasteiger partial charge is 0.213 e. The van der Waals surface area contributed by atoms with Crippen LogP contribution in [0.4, 0.5) is 0 Å². The number of pyridine rings is 2. The van der Waals surface area contributed by atoms with E-state index >= 15 is 0 Å². The van der Waals surface area contributed by atoms with Gasteiger partial charge in [-0.3, -0.25) is 4.98 Å². The van der Waals surface area contributed by atoms with Crippen LogP contribution in [-0.4, -0.2) is 40.6 Å². The van der Waals surface area contributed by atoms with Crippen molar-refractivity contribution < 1.29 is 14.3 Å². The zero-order valence-corrected chi connectivity index (χ0v) is 17.8. The van der Waals surface area contributed by atoms with Crippen LogP contribution in [0.1, 0.15) is 25.7 Å². The number of aryl methyl sites for hydroxylation is 1. The van der Waals surface area contributed by atoms with Crippen LogP contribution in [0.3, 0.4) is 0 Å². The van der Waals surface area contributed by atoms with Gasteiger partial charge in [0.15, 0.2) is 0 Å². The average Bonchev–Trinajstić information content (AvgIpc) is 3.10. The second kappa shape index (κ2) is 10.2. The lowest BCUT2D eigenvalue weighted by Gasteiger charge is -2.07. The molecule has 0 bridgehead atoms. The second-order valence-electron chi connectivity index (χ2n) is 7.55. The minimum Gasteiger partial charge on any atom is -0.478 e. The first kappa shape index (κ1) is 21.0. The highest BCUT2D eigenvalue weighted by Crippen LogP contribution is 2.31. The molecule has 0 N–H and O–H groups in total. The molecule has 0 fully saturated rings. The molecule has 0 aliphatic carbocycles. The molecule has 0 unspecified atom stereocenters. The highest BCUT2D eigenvalue weighted by atomic mass is 16.5. The van der Waals surface area contributed by atoms with Gasteiger partial charge in [0.05, 0.1) is 12.1 Å². The monoisotopic (exact) mass is 417 g/mol. The third-order valence-corrected chi connectivity index (χ3v) is 5.42. The fourth-order valence-corrected chi connectivity index (χ4v) is 3.72. The molecular weight excluding hydrogens is 390 g/mol. The molecule has 31 heavy (non-hydrogen) atoms. The molecule has 0 amide bonds. The van der Waals surface area contributed by atoms with Crippen LogP contribution in [0.15, 0.2) is 55.0 Å². The normalized spacial score (nSPS) is 11.3. The van der Waals surface area contributed by atoms with E-state index in [1.807, 2.05) is 36.8 Å². The topological polar surface area (TPSA) is 66.2 Å². The van der Waals surface area contributed by atoms with Crippen molar-refractivity contribution in [1.29, 1.82) is 0 Å². The van der Waals surface area contributed by atoms with Crippen LogP contribution in [0.5, 0.6) is 5.88 Å². The number of benzene rings is 1. The molecule has 6 nitrogen and oxygen atoms in total. The van der Waals surface area contributed by atoms with Crippen molar-refractivity contribution in [2.75, 3.05) is 19.8 Å². The Labute approximate surface area is 181 Å². The van der Waals surface area contributed by atoms with E-state index < -0.39 is 0 Å². The minimum absolute atomic E-state index is 0.568. The number of unbranched alkanes of at least 4 members (excludes halogenated alkanes) is 2. The number of rotatable bonds is 11. The molecule has 3 heterocycles. The number of aldehydes is 1. The standard InChI is InChI=1S/C25H27N3O3/c1-28-23-10-11-26-18-22(23)21-8-6-19(16-24(21)28)20-7-9-25(27-17-20)31-15-5-4-14-30-13-3-2-12-29/h6-12,16-18H,2-5,13-15H2,1H3. The van der Waals surface area contributed by atoms with Crippen molar-refractivity contribution >= 4 is 28.1 Å². The summed E-state index contributed by atoms with van der Waals surface area (Å²) in [6.07, 6.45) is 9.73. The van der Waals surface area contributed by atoms with E-state index in [0.717, 1.165) is 36.7 Å². The van der Waals surface area contributed by atoms with Crippen LogP contribution < -0.4 is 4.74 Å². The molecule has 3 aromatic heterocycles. The van der Waals surface area contributed by atoms with Crippen LogP contribution >= 0.6 is 0 Å². The van der Waals surface area contributed by atoms with E-state index in [1.165, 1.54) is 21.8 Å². The van der Waals surface area contributed by atoms with Crippen LogP contribution in [0.2, 0.25) is 0 Å². The summed E-state index contributed by atoms with van der Waals surface area (Å²) in [5.74, 6) is 0.632. The van der Waals surface area contributed by atoms with Gasteiger partial charge in [0.1, 0.15) is 6.29 Å². The summed E-state index contributed by atoms with van der Waals surface area (Å²) < 4.78 is 13.4.